The molecule has 0 aromatic heterocycles. The summed E-state index contributed by atoms with van der Waals surface area (Å²) in [7, 11) is 0. The van der Waals surface area contributed by atoms with Gasteiger partial charge in [0.05, 0.1) is 11.8 Å². The van der Waals surface area contributed by atoms with Crippen LogP contribution in [-0.4, -0.2) is 22.2 Å². The number of unbranched alkanes of at least 4 members (excludes halogenated alkanes) is 1. The fourth-order valence-corrected chi connectivity index (χ4v) is 2.15. The van der Waals surface area contributed by atoms with Crippen molar-refractivity contribution < 1.29 is 19.8 Å². The average Bonchev–Trinajstić information content (AvgIpc) is 2.25. The van der Waals surface area contributed by atoms with Crippen LogP contribution in [0.1, 0.15) is 32.6 Å². The smallest absolute Gasteiger partial charge is 0.311 e. The SMILES string of the molecule is CCCCC1C=CC(C(=O)O)C(C(=O)O)C1. The summed E-state index contributed by atoms with van der Waals surface area (Å²) < 4.78 is 0. The predicted octanol–water partition coefficient (Wildman–Crippen LogP) is 2.15. The van der Waals surface area contributed by atoms with Gasteiger partial charge in [0.25, 0.3) is 0 Å². The lowest BCUT2D eigenvalue weighted by molar-refractivity contribution is -0.152. The van der Waals surface area contributed by atoms with Gasteiger partial charge in [0, 0.05) is 0 Å². The molecule has 0 aliphatic heterocycles. The van der Waals surface area contributed by atoms with Crippen molar-refractivity contribution in [2.45, 2.75) is 32.6 Å². The van der Waals surface area contributed by atoms with Crippen molar-refractivity contribution >= 4 is 11.9 Å². The molecule has 1 rings (SSSR count). The Balaban J connectivity index is 2.70. The molecule has 0 amide bonds. The molecule has 0 spiro atoms. The second-order valence-corrected chi connectivity index (χ2v) is 4.33. The van der Waals surface area contributed by atoms with Gasteiger partial charge in [-0.05, 0) is 18.8 Å². The van der Waals surface area contributed by atoms with Crippen LogP contribution in [0.15, 0.2) is 12.2 Å². The van der Waals surface area contributed by atoms with Crippen LogP contribution in [0.5, 0.6) is 0 Å². The Bertz CT molecular complexity index is 295. The number of carbonyl (C=O) groups is 2. The highest BCUT2D eigenvalue weighted by molar-refractivity contribution is 5.81. The highest BCUT2D eigenvalue weighted by atomic mass is 16.4. The lowest BCUT2D eigenvalue weighted by Crippen LogP contribution is -2.32. The van der Waals surface area contributed by atoms with E-state index in [0.717, 1.165) is 19.3 Å². The summed E-state index contributed by atoms with van der Waals surface area (Å²) in [5.41, 5.74) is 0. The van der Waals surface area contributed by atoms with Crippen molar-refractivity contribution in [1.82, 2.24) is 0 Å². The second-order valence-electron chi connectivity index (χ2n) is 4.33. The maximum Gasteiger partial charge on any atom is 0.311 e. The molecule has 90 valence electrons. The number of hydrogen-bond acceptors (Lipinski definition) is 2. The normalized spacial score (nSPS) is 28.9. The van der Waals surface area contributed by atoms with Gasteiger partial charge in [0.15, 0.2) is 0 Å². The first-order valence-corrected chi connectivity index (χ1v) is 5.70. The Morgan fingerprint density at radius 1 is 1.25 bits per heavy atom. The van der Waals surface area contributed by atoms with Gasteiger partial charge in [0.1, 0.15) is 0 Å². The molecular weight excluding hydrogens is 208 g/mol. The summed E-state index contributed by atoms with van der Waals surface area (Å²) >= 11 is 0. The Morgan fingerprint density at radius 3 is 2.44 bits per heavy atom. The molecule has 3 atom stereocenters. The molecule has 0 radical (unpaired) electrons. The zero-order valence-electron chi connectivity index (χ0n) is 9.43. The Hall–Kier alpha value is -1.32. The van der Waals surface area contributed by atoms with Gasteiger partial charge >= 0.3 is 11.9 Å². The highest BCUT2D eigenvalue weighted by Crippen LogP contribution is 2.31. The van der Waals surface area contributed by atoms with Gasteiger partial charge in [-0.3, -0.25) is 9.59 Å². The number of carboxylic acid groups (broad SMARTS) is 2. The summed E-state index contributed by atoms with van der Waals surface area (Å²) in [4.78, 5) is 21.9. The number of allylic oxidation sites excluding steroid dienone is 1. The standard InChI is InChI=1S/C12H18O4/c1-2-3-4-8-5-6-9(11(13)14)10(7-8)12(15)16/h5-6,8-10H,2-4,7H2,1H3,(H,13,14)(H,15,16). The van der Waals surface area contributed by atoms with E-state index in [4.69, 9.17) is 10.2 Å². The molecule has 0 saturated carbocycles. The minimum absolute atomic E-state index is 0.219. The molecule has 2 N–H and O–H groups in total. The van der Waals surface area contributed by atoms with E-state index < -0.39 is 23.8 Å². The first-order chi connectivity index (χ1) is 7.56. The number of carboxylic acids is 2. The van der Waals surface area contributed by atoms with E-state index in [-0.39, 0.29) is 5.92 Å². The van der Waals surface area contributed by atoms with Crippen LogP contribution in [0, 0.1) is 17.8 Å². The fraction of sp³-hybridized carbons (Fsp3) is 0.667. The molecule has 0 bridgehead atoms. The van der Waals surface area contributed by atoms with Crippen LogP contribution >= 0.6 is 0 Å². The quantitative estimate of drug-likeness (QED) is 0.704. The third-order valence-corrected chi connectivity index (χ3v) is 3.11. The van der Waals surface area contributed by atoms with Crippen LogP contribution in [-0.2, 0) is 9.59 Å². The Morgan fingerprint density at radius 2 is 1.94 bits per heavy atom. The maximum absolute atomic E-state index is 11.0. The van der Waals surface area contributed by atoms with E-state index >= 15 is 0 Å². The molecule has 0 aromatic carbocycles. The Labute approximate surface area is 95.0 Å². The van der Waals surface area contributed by atoms with Crippen molar-refractivity contribution in [3.05, 3.63) is 12.2 Å². The van der Waals surface area contributed by atoms with Crippen molar-refractivity contribution in [3.8, 4) is 0 Å². The van der Waals surface area contributed by atoms with E-state index in [1.54, 1.807) is 6.08 Å². The van der Waals surface area contributed by atoms with E-state index in [0.29, 0.717) is 6.42 Å². The van der Waals surface area contributed by atoms with Crippen molar-refractivity contribution in [2.24, 2.45) is 17.8 Å². The molecule has 4 nitrogen and oxygen atoms in total. The molecule has 16 heavy (non-hydrogen) atoms. The highest BCUT2D eigenvalue weighted by Gasteiger charge is 2.35. The molecule has 0 saturated heterocycles. The van der Waals surface area contributed by atoms with Crippen LogP contribution in [0.25, 0.3) is 0 Å². The number of hydrogen-bond donors (Lipinski definition) is 2. The Kier molecular flexibility index (Phi) is 4.52. The van der Waals surface area contributed by atoms with E-state index in [9.17, 15) is 9.59 Å². The lowest BCUT2D eigenvalue weighted by atomic mass is 9.77. The van der Waals surface area contributed by atoms with Gasteiger partial charge < -0.3 is 10.2 Å². The largest absolute Gasteiger partial charge is 0.481 e. The summed E-state index contributed by atoms with van der Waals surface area (Å²) in [5, 5.41) is 17.9. The molecular formula is C12H18O4. The van der Waals surface area contributed by atoms with E-state index in [1.165, 1.54) is 0 Å². The summed E-state index contributed by atoms with van der Waals surface area (Å²) in [6, 6.07) is 0. The van der Waals surface area contributed by atoms with Crippen molar-refractivity contribution in [2.75, 3.05) is 0 Å². The molecule has 0 aromatic rings. The van der Waals surface area contributed by atoms with Crippen molar-refractivity contribution in [3.63, 3.8) is 0 Å². The molecule has 3 unspecified atom stereocenters. The lowest BCUT2D eigenvalue weighted by Gasteiger charge is -2.26. The van der Waals surface area contributed by atoms with Crippen LogP contribution < -0.4 is 0 Å². The van der Waals surface area contributed by atoms with Gasteiger partial charge in [-0.1, -0.05) is 31.9 Å². The van der Waals surface area contributed by atoms with Crippen LogP contribution in [0.4, 0.5) is 0 Å². The number of aliphatic carboxylic acids is 2. The molecule has 0 heterocycles. The molecule has 1 aliphatic rings. The molecule has 1 aliphatic carbocycles. The topological polar surface area (TPSA) is 74.6 Å². The fourth-order valence-electron chi connectivity index (χ4n) is 2.15. The monoisotopic (exact) mass is 226 g/mol. The zero-order chi connectivity index (χ0) is 12.1. The summed E-state index contributed by atoms with van der Waals surface area (Å²) in [5.74, 6) is -3.47. The van der Waals surface area contributed by atoms with E-state index in [2.05, 4.69) is 6.92 Å². The summed E-state index contributed by atoms with van der Waals surface area (Å²) in [6.07, 6.45) is 6.94. The molecule has 0 fully saturated rings. The predicted molar refractivity (Wildman–Crippen MR) is 59.0 cm³/mol. The second kappa shape index (κ2) is 5.68. The van der Waals surface area contributed by atoms with Crippen LogP contribution in [0.3, 0.4) is 0 Å². The third kappa shape index (κ3) is 3.08. The zero-order valence-corrected chi connectivity index (χ0v) is 9.43. The van der Waals surface area contributed by atoms with Gasteiger partial charge in [0.2, 0.25) is 0 Å². The minimum Gasteiger partial charge on any atom is -0.481 e. The number of rotatable bonds is 5. The van der Waals surface area contributed by atoms with Crippen molar-refractivity contribution in [1.29, 1.82) is 0 Å². The van der Waals surface area contributed by atoms with Gasteiger partial charge in [-0.15, -0.1) is 0 Å². The molecule has 4 heteroatoms. The minimum atomic E-state index is -1.04. The van der Waals surface area contributed by atoms with Gasteiger partial charge in [-0.25, -0.2) is 0 Å². The first-order valence-electron chi connectivity index (χ1n) is 5.70. The average molecular weight is 226 g/mol. The van der Waals surface area contributed by atoms with E-state index in [1.807, 2.05) is 6.08 Å². The third-order valence-electron chi connectivity index (χ3n) is 3.11. The van der Waals surface area contributed by atoms with Gasteiger partial charge in [-0.2, -0.15) is 0 Å². The van der Waals surface area contributed by atoms with Crippen LogP contribution in [0.2, 0.25) is 0 Å². The summed E-state index contributed by atoms with van der Waals surface area (Å²) in [6.45, 7) is 2.08. The maximum atomic E-state index is 11.0. The first kappa shape index (κ1) is 12.7.